The van der Waals surface area contributed by atoms with Crippen LogP contribution in [0.3, 0.4) is 0 Å². The summed E-state index contributed by atoms with van der Waals surface area (Å²) in [6, 6.07) is 0. The zero-order valence-corrected chi connectivity index (χ0v) is 7.50. The minimum Gasteiger partial charge on any atom is -0.412 e. The maximum Gasteiger partial charge on any atom is 0.263 e. The molecule has 1 aliphatic heterocycles. The van der Waals surface area contributed by atoms with Crippen LogP contribution < -0.4 is 11.1 Å². The van der Waals surface area contributed by atoms with Crippen molar-refractivity contribution in [2.24, 2.45) is 7.05 Å². The Hall–Kier alpha value is -1.89. The van der Waals surface area contributed by atoms with Crippen LogP contribution in [0.5, 0.6) is 0 Å². The number of nitrogens with zero attached hydrogens (tertiary/aromatic N) is 2. The molecule has 0 spiro atoms. The first-order valence-corrected chi connectivity index (χ1v) is 3.75. The lowest BCUT2D eigenvalue weighted by Crippen LogP contribution is -2.37. The monoisotopic (exact) mass is 198 g/mol. The van der Waals surface area contributed by atoms with Crippen LogP contribution in [0.25, 0.3) is 0 Å². The Kier molecular flexibility index (Phi) is 2.26. The van der Waals surface area contributed by atoms with Gasteiger partial charge in [0, 0.05) is 7.05 Å². The van der Waals surface area contributed by atoms with Crippen molar-refractivity contribution in [2.45, 2.75) is 6.42 Å². The number of carbonyl (C=O) groups excluding carboxylic acids is 2. The van der Waals surface area contributed by atoms with Crippen LogP contribution in [0.2, 0.25) is 0 Å². The van der Waals surface area contributed by atoms with Crippen molar-refractivity contribution in [1.29, 1.82) is 0 Å². The molecule has 0 aromatic carbocycles. The van der Waals surface area contributed by atoms with Gasteiger partial charge in [-0.2, -0.15) is 5.10 Å². The number of fused-ring (bicyclic) bond motifs is 1. The van der Waals surface area contributed by atoms with Crippen molar-refractivity contribution in [3.8, 4) is 0 Å². The van der Waals surface area contributed by atoms with Crippen LogP contribution in [0, 0.1) is 0 Å². The van der Waals surface area contributed by atoms with E-state index in [0.29, 0.717) is 17.1 Å². The third-order valence-electron chi connectivity index (χ3n) is 1.97. The second-order valence-electron chi connectivity index (χ2n) is 2.88. The van der Waals surface area contributed by atoms with E-state index >= 15 is 0 Å². The number of nitrogens with two attached hydrogens (primary N) is 1. The molecule has 2 rings (SSSR count). The van der Waals surface area contributed by atoms with Crippen LogP contribution in [0.4, 0.5) is 5.82 Å². The van der Waals surface area contributed by atoms with Crippen LogP contribution in [-0.4, -0.2) is 27.1 Å². The van der Waals surface area contributed by atoms with Gasteiger partial charge in [-0.05, 0) is 0 Å². The fourth-order valence-electron chi connectivity index (χ4n) is 1.35. The Bertz CT molecular complexity index is 409. The maximum absolute atomic E-state index is 11.3. The van der Waals surface area contributed by atoms with Crippen molar-refractivity contribution in [1.82, 2.24) is 15.1 Å². The smallest absolute Gasteiger partial charge is 0.263 e. The van der Waals surface area contributed by atoms with Gasteiger partial charge >= 0.3 is 0 Å². The number of amides is 2. The molecule has 0 atom stereocenters. The number of hydrogen-bond acceptors (Lipinski definition) is 4. The van der Waals surface area contributed by atoms with Crippen molar-refractivity contribution in [2.75, 3.05) is 5.73 Å². The van der Waals surface area contributed by atoms with Gasteiger partial charge in [0.1, 0.15) is 11.4 Å². The third kappa shape index (κ3) is 1.23. The first-order valence-electron chi connectivity index (χ1n) is 3.75. The lowest BCUT2D eigenvalue weighted by Gasteiger charge is -2.09. The zero-order chi connectivity index (χ0) is 9.59. The van der Waals surface area contributed by atoms with E-state index in [0.717, 1.165) is 0 Å². The molecule has 7 heteroatoms. The topological polar surface area (TPSA) is 122 Å². The molecule has 0 aliphatic carbocycles. The second kappa shape index (κ2) is 3.11. The van der Waals surface area contributed by atoms with E-state index in [9.17, 15) is 9.59 Å². The van der Waals surface area contributed by atoms with Gasteiger partial charge in [-0.25, -0.2) is 0 Å². The van der Waals surface area contributed by atoms with Crippen molar-refractivity contribution < 1.29 is 15.1 Å². The number of nitrogen functional groups attached to an aromatic ring is 1. The van der Waals surface area contributed by atoms with Gasteiger partial charge in [-0.1, -0.05) is 0 Å². The van der Waals surface area contributed by atoms with Crippen LogP contribution >= 0.6 is 0 Å². The number of anilines is 1. The maximum atomic E-state index is 11.3. The molecular formula is C7H10N4O3. The summed E-state index contributed by atoms with van der Waals surface area (Å²) in [4.78, 5) is 22.2. The molecule has 0 radical (unpaired) electrons. The quantitative estimate of drug-likeness (QED) is 0.467. The standard InChI is InChI=1S/C7H8N4O2.H2O/c1-11-6(8)5-3(10-11)2-4(12)9-7(5)13;/h2,8H2,1H3,(H,9,12,13);1H2. The van der Waals surface area contributed by atoms with E-state index in [1.165, 1.54) is 4.68 Å². The number of hydrogen-bond donors (Lipinski definition) is 2. The van der Waals surface area contributed by atoms with Gasteiger partial charge in [0.15, 0.2) is 0 Å². The van der Waals surface area contributed by atoms with E-state index in [1.54, 1.807) is 7.05 Å². The Morgan fingerprint density at radius 3 is 2.79 bits per heavy atom. The van der Waals surface area contributed by atoms with Crippen LogP contribution in [0.15, 0.2) is 0 Å². The van der Waals surface area contributed by atoms with Crippen molar-refractivity contribution in [3.05, 3.63) is 11.3 Å². The summed E-state index contributed by atoms with van der Waals surface area (Å²) in [5, 5.41) is 6.14. The molecule has 0 unspecified atom stereocenters. The molecule has 0 fully saturated rings. The van der Waals surface area contributed by atoms with Crippen LogP contribution in [-0.2, 0) is 18.3 Å². The Labute approximate surface area is 79.2 Å². The number of rotatable bonds is 0. The SMILES string of the molecule is Cn1nc2c(c1N)C(=O)NC(=O)C2.O. The Morgan fingerprint density at radius 1 is 1.50 bits per heavy atom. The van der Waals surface area contributed by atoms with E-state index < -0.39 is 5.91 Å². The fourth-order valence-corrected chi connectivity index (χ4v) is 1.35. The van der Waals surface area contributed by atoms with E-state index in [4.69, 9.17) is 5.73 Å². The van der Waals surface area contributed by atoms with Gasteiger partial charge in [0.05, 0.1) is 12.1 Å². The highest BCUT2D eigenvalue weighted by Gasteiger charge is 2.28. The molecule has 0 saturated heterocycles. The molecule has 1 aromatic rings. The Balaban J connectivity index is 0.000000980. The number of aromatic nitrogens is 2. The Morgan fingerprint density at radius 2 is 2.14 bits per heavy atom. The third-order valence-corrected chi connectivity index (χ3v) is 1.97. The molecule has 14 heavy (non-hydrogen) atoms. The van der Waals surface area contributed by atoms with Crippen molar-refractivity contribution >= 4 is 17.6 Å². The summed E-state index contributed by atoms with van der Waals surface area (Å²) in [5.41, 5.74) is 6.36. The lowest BCUT2D eigenvalue weighted by molar-refractivity contribution is -0.119. The number of imide groups is 1. The summed E-state index contributed by atoms with van der Waals surface area (Å²) >= 11 is 0. The summed E-state index contributed by atoms with van der Waals surface area (Å²) in [6.45, 7) is 0. The minimum absolute atomic E-state index is 0. The highest BCUT2D eigenvalue weighted by atomic mass is 16.2. The highest BCUT2D eigenvalue weighted by Crippen LogP contribution is 2.18. The molecular weight excluding hydrogens is 188 g/mol. The van der Waals surface area contributed by atoms with Gasteiger partial charge in [-0.15, -0.1) is 0 Å². The normalized spacial score (nSPS) is 14.4. The summed E-state index contributed by atoms with van der Waals surface area (Å²) in [5.74, 6) is -0.507. The molecule has 76 valence electrons. The largest absolute Gasteiger partial charge is 0.412 e. The molecule has 1 aromatic heterocycles. The number of carbonyl (C=O) groups is 2. The summed E-state index contributed by atoms with van der Waals surface area (Å²) < 4.78 is 1.39. The molecule has 0 saturated carbocycles. The first-order chi connectivity index (χ1) is 6.09. The number of nitrogens with one attached hydrogen (secondary N) is 1. The second-order valence-corrected chi connectivity index (χ2v) is 2.88. The molecule has 2 heterocycles. The van der Waals surface area contributed by atoms with Gasteiger partial charge in [-0.3, -0.25) is 19.6 Å². The van der Waals surface area contributed by atoms with Crippen LogP contribution in [0.1, 0.15) is 16.1 Å². The summed E-state index contributed by atoms with van der Waals surface area (Å²) in [7, 11) is 1.63. The van der Waals surface area contributed by atoms with E-state index in [-0.39, 0.29) is 17.8 Å². The minimum atomic E-state index is -0.461. The number of aryl methyl sites for hydroxylation is 1. The lowest BCUT2D eigenvalue weighted by atomic mass is 10.1. The molecule has 7 nitrogen and oxygen atoms in total. The fraction of sp³-hybridized carbons (Fsp3) is 0.286. The van der Waals surface area contributed by atoms with E-state index in [2.05, 4.69) is 10.4 Å². The molecule has 5 N–H and O–H groups in total. The zero-order valence-electron chi connectivity index (χ0n) is 7.50. The molecule has 2 amide bonds. The predicted octanol–water partition coefficient (Wildman–Crippen LogP) is -2.01. The van der Waals surface area contributed by atoms with E-state index in [1.807, 2.05) is 0 Å². The molecule has 1 aliphatic rings. The summed E-state index contributed by atoms with van der Waals surface area (Å²) in [6.07, 6.45) is 0.117. The molecule has 0 bridgehead atoms. The van der Waals surface area contributed by atoms with Crippen molar-refractivity contribution in [3.63, 3.8) is 0 Å². The van der Waals surface area contributed by atoms with Gasteiger partial charge < -0.3 is 11.2 Å². The average Bonchev–Trinajstić information content (AvgIpc) is 2.27. The van der Waals surface area contributed by atoms with Gasteiger partial charge in [0.25, 0.3) is 5.91 Å². The van der Waals surface area contributed by atoms with Gasteiger partial charge in [0.2, 0.25) is 5.91 Å². The highest BCUT2D eigenvalue weighted by molar-refractivity contribution is 6.11. The predicted molar refractivity (Wildman–Crippen MR) is 47.4 cm³/mol. The average molecular weight is 198 g/mol. The first kappa shape index (κ1) is 10.2.